The fourth-order valence-electron chi connectivity index (χ4n) is 1.53. The van der Waals surface area contributed by atoms with E-state index in [2.05, 4.69) is 10.2 Å². The number of rotatable bonds is 3. The van der Waals surface area contributed by atoms with Crippen LogP contribution in [0.2, 0.25) is 5.02 Å². The van der Waals surface area contributed by atoms with E-state index in [1.54, 1.807) is 4.68 Å². The van der Waals surface area contributed by atoms with Gasteiger partial charge in [0.05, 0.1) is 18.4 Å². The van der Waals surface area contributed by atoms with Gasteiger partial charge >= 0.3 is 0 Å². The third kappa shape index (κ3) is 1.90. The SMILES string of the molecule is CCn1cc(Cn2nc(C)c(Cl)c2N)cn1. The second-order valence-electron chi connectivity index (χ2n) is 3.65. The van der Waals surface area contributed by atoms with Crippen molar-refractivity contribution in [1.82, 2.24) is 19.6 Å². The molecule has 16 heavy (non-hydrogen) atoms. The molecule has 0 radical (unpaired) electrons. The summed E-state index contributed by atoms with van der Waals surface area (Å²) in [4.78, 5) is 0. The average molecular weight is 240 g/mol. The van der Waals surface area contributed by atoms with Crippen LogP contribution in [0.4, 0.5) is 5.82 Å². The number of nitrogen functional groups attached to an aromatic ring is 1. The standard InChI is InChI=1S/C10H14ClN5/c1-3-15-5-8(4-13-15)6-16-10(12)9(11)7(2)14-16/h4-5H,3,6,12H2,1-2H3. The molecule has 2 heterocycles. The van der Waals surface area contributed by atoms with E-state index in [-0.39, 0.29) is 0 Å². The molecular weight excluding hydrogens is 226 g/mol. The molecule has 0 atom stereocenters. The molecule has 0 spiro atoms. The summed E-state index contributed by atoms with van der Waals surface area (Å²) in [7, 11) is 0. The molecule has 86 valence electrons. The highest BCUT2D eigenvalue weighted by Crippen LogP contribution is 2.22. The van der Waals surface area contributed by atoms with Crippen molar-refractivity contribution in [3.8, 4) is 0 Å². The molecule has 0 saturated carbocycles. The van der Waals surface area contributed by atoms with Crippen molar-refractivity contribution in [2.45, 2.75) is 26.9 Å². The quantitative estimate of drug-likeness (QED) is 0.887. The van der Waals surface area contributed by atoms with Gasteiger partial charge in [-0.3, -0.25) is 4.68 Å². The maximum Gasteiger partial charge on any atom is 0.141 e. The molecule has 0 amide bonds. The molecule has 0 fully saturated rings. The van der Waals surface area contributed by atoms with E-state index in [0.717, 1.165) is 17.8 Å². The van der Waals surface area contributed by atoms with Gasteiger partial charge in [-0.25, -0.2) is 4.68 Å². The van der Waals surface area contributed by atoms with Crippen molar-refractivity contribution in [2.24, 2.45) is 0 Å². The number of nitrogens with zero attached hydrogens (tertiary/aromatic N) is 4. The molecule has 0 aromatic carbocycles. The molecule has 0 unspecified atom stereocenters. The first-order chi connectivity index (χ1) is 7.61. The number of hydrogen-bond donors (Lipinski definition) is 1. The predicted octanol–water partition coefficient (Wildman–Crippen LogP) is 1.69. The van der Waals surface area contributed by atoms with Gasteiger partial charge in [-0.05, 0) is 13.8 Å². The van der Waals surface area contributed by atoms with E-state index in [1.807, 2.05) is 30.9 Å². The van der Waals surface area contributed by atoms with Crippen molar-refractivity contribution in [3.05, 3.63) is 28.7 Å². The summed E-state index contributed by atoms with van der Waals surface area (Å²) in [6.45, 7) is 5.33. The lowest BCUT2D eigenvalue weighted by atomic mass is 10.3. The van der Waals surface area contributed by atoms with Gasteiger partial charge in [0.25, 0.3) is 0 Å². The molecule has 5 nitrogen and oxygen atoms in total. The van der Waals surface area contributed by atoms with Crippen LogP contribution in [-0.2, 0) is 13.1 Å². The van der Waals surface area contributed by atoms with Crippen LogP contribution < -0.4 is 5.73 Å². The number of aromatic nitrogens is 4. The summed E-state index contributed by atoms with van der Waals surface area (Å²) in [5, 5.41) is 8.98. The smallest absolute Gasteiger partial charge is 0.141 e. The third-order valence-corrected chi connectivity index (χ3v) is 2.90. The van der Waals surface area contributed by atoms with E-state index in [0.29, 0.717) is 17.4 Å². The van der Waals surface area contributed by atoms with E-state index in [1.165, 1.54) is 0 Å². The summed E-state index contributed by atoms with van der Waals surface area (Å²) in [5.41, 5.74) is 7.65. The Morgan fingerprint density at radius 2 is 2.25 bits per heavy atom. The topological polar surface area (TPSA) is 61.7 Å². The van der Waals surface area contributed by atoms with Crippen molar-refractivity contribution in [3.63, 3.8) is 0 Å². The molecular formula is C10H14ClN5. The van der Waals surface area contributed by atoms with Crippen molar-refractivity contribution >= 4 is 17.4 Å². The second kappa shape index (κ2) is 4.17. The Bertz CT molecular complexity index is 499. The van der Waals surface area contributed by atoms with Crippen LogP contribution in [0, 0.1) is 6.92 Å². The Balaban J connectivity index is 2.23. The summed E-state index contributed by atoms with van der Waals surface area (Å²) >= 11 is 5.97. The maximum atomic E-state index is 5.97. The van der Waals surface area contributed by atoms with Crippen LogP contribution in [-0.4, -0.2) is 19.6 Å². The zero-order valence-corrected chi connectivity index (χ0v) is 10.1. The van der Waals surface area contributed by atoms with Crippen molar-refractivity contribution in [1.29, 1.82) is 0 Å². The zero-order valence-electron chi connectivity index (χ0n) is 9.31. The van der Waals surface area contributed by atoms with Crippen molar-refractivity contribution in [2.75, 3.05) is 5.73 Å². The van der Waals surface area contributed by atoms with Gasteiger partial charge in [-0.1, -0.05) is 11.6 Å². The molecule has 6 heteroatoms. The van der Waals surface area contributed by atoms with Gasteiger partial charge in [-0.15, -0.1) is 0 Å². The molecule has 0 bridgehead atoms. The highest BCUT2D eigenvalue weighted by Gasteiger charge is 2.10. The molecule has 0 aliphatic rings. The summed E-state index contributed by atoms with van der Waals surface area (Å²) in [5.74, 6) is 0.503. The van der Waals surface area contributed by atoms with Crippen molar-refractivity contribution < 1.29 is 0 Å². The number of aryl methyl sites for hydroxylation is 2. The van der Waals surface area contributed by atoms with Gasteiger partial charge in [0.15, 0.2) is 0 Å². The zero-order chi connectivity index (χ0) is 11.7. The predicted molar refractivity (Wildman–Crippen MR) is 63.4 cm³/mol. The second-order valence-corrected chi connectivity index (χ2v) is 4.02. The first kappa shape index (κ1) is 11.0. The number of hydrogen-bond acceptors (Lipinski definition) is 3. The largest absolute Gasteiger partial charge is 0.383 e. The van der Waals surface area contributed by atoms with Crippen LogP contribution in [0.25, 0.3) is 0 Å². The fourth-order valence-corrected chi connectivity index (χ4v) is 1.67. The van der Waals surface area contributed by atoms with E-state index >= 15 is 0 Å². The third-order valence-electron chi connectivity index (χ3n) is 2.43. The lowest BCUT2D eigenvalue weighted by molar-refractivity contribution is 0.655. The Kier molecular flexibility index (Phi) is 2.87. The maximum absolute atomic E-state index is 5.97. The minimum Gasteiger partial charge on any atom is -0.383 e. The Morgan fingerprint density at radius 3 is 2.75 bits per heavy atom. The van der Waals surface area contributed by atoms with Gasteiger partial charge in [0.1, 0.15) is 10.8 Å². The number of nitrogens with two attached hydrogens (primary N) is 1. The van der Waals surface area contributed by atoms with Crippen LogP contribution >= 0.6 is 11.6 Å². The summed E-state index contributed by atoms with van der Waals surface area (Å²) in [6, 6.07) is 0. The lowest BCUT2D eigenvalue weighted by Crippen LogP contribution is -2.05. The Labute approximate surface area is 98.8 Å². The lowest BCUT2D eigenvalue weighted by Gasteiger charge is -2.00. The van der Waals surface area contributed by atoms with Crippen LogP contribution in [0.5, 0.6) is 0 Å². The van der Waals surface area contributed by atoms with Crippen LogP contribution in [0.15, 0.2) is 12.4 Å². The van der Waals surface area contributed by atoms with Gasteiger partial charge in [0, 0.05) is 18.3 Å². The molecule has 0 aliphatic heterocycles. The van der Waals surface area contributed by atoms with E-state index in [4.69, 9.17) is 17.3 Å². The first-order valence-corrected chi connectivity index (χ1v) is 5.49. The molecule has 2 rings (SSSR count). The highest BCUT2D eigenvalue weighted by atomic mass is 35.5. The average Bonchev–Trinajstić information content (AvgIpc) is 2.81. The summed E-state index contributed by atoms with van der Waals surface area (Å²) < 4.78 is 3.55. The molecule has 2 N–H and O–H groups in total. The Hall–Kier alpha value is -1.49. The summed E-state index contributed by atoms with van der Waals surface area (Å²) in [6.07, 6.45) is 3.79. The van der Waals surface area contributed by atoms with E-state index < -0.39 is 0 Å². The monoisotopic (exact) mass is 239 g/mol. The normalized spacial score (nSPS) is 10.9. The molecule has 0 aliphatic carbocycles. The first-order valence-electron chi connectivity index (χ1n) is 5.11. The minimum absolute atomic E-state index is 0.503. The fraction of sp³-hybridized carbons (Fsp3) is 0.400. The molecule has 2 aromatic rings. The Morgan fingerprint density at radius 1 is 1.50 bits per heavy atom. The van der Waals surface area contributed by atoms with E-state index in [9.17, 15) is 0 Å². The van der Waals surface area contributed by atoms with Gasteiger partial charge < -0.3 is 5.73 Å². The van der Waals surface area contributed by atoms with Crippen LogP contribution in [0.1, 0.15) is 18.2 Å². The minimum atomic E-state index is 0.503. The van der Waals surface area contributed by atoms with Gasteiger partial charge in [0.2, 0.25) is 0 Å². The number of anilines is 1. The number of halogens is 1. The highest BCUT2D eigenvalue weighted by molar-refractivity contribution is 6.33. The van der Waals surface area contributed by atoms with Crippen LogP contribution in [0.3, 0.4) is 0 Å². The molecule has 2 aromatic heterocycles. The van der Waals surface area contributed by atoms with Gasteiger partial charge in [-0.2, -0.15) is 10.2 Å². The molecule has 0 saturated heterocycles.